The van der Waals surface area contributed by atoms with Gasteiger partial charge < -0.3 is 24.6 Å². The molecule has 0 bridgehead atoms. The molecule has 0 radical (unpaired) electrons. The molecule has 1 fully saturated rings. The van der Waals surface area contributed by atoms with Crippen LogP contribution in [0.1, 0.15) is 82.8 Å². The van der Waals surface area contributed by atoms with E-state index in [9.17, 15) is 23.6 Å². The third-order valence-corrected chi connectivity index (χ3v) is 9.17. The average molecular weight is 725 g/mol. The summed E-state index contributed by atoms with van der Waals surface area (Å²) >= 11 is 1.22. The highest BCUT2D eigenvalue weighted by molar-refractivity contribution is 7.13. The highest BCUT2D eigenvalue weighted by Gasteiger charge is 2.39. The van der Waals surface area contributed by atoms with E-state index in [0.717, 1.165) is 0 Å². The SMILES string of the molecule is COc1ccc(F)cc1C(C(=O)Nc1nccs1)N1Cc2ccc(C#Cc3ccc(C(=O)NC4CCN(C(=O)OC(C)(C)C)CC4)nc3)cc2C1=O. The monoisotopic (exact) mass is 724 g/mol. The lowest BCUT2D eigenvalue weighted by Crippen LogP contribution is -2.47. The molecule has 4 aromatic rings. The topological polar surface area (TPSA) is 143 Å². The number of likely N-dealkylation sites (tertiary alicyclic amines) is 1. The zero-order valence-corrected chi connectivity index (χ0v) is 29.9. The number of rotatable bonds is 7. The third kappa shape index (κ3) is 8.38. The summed E-state index contributed by atoms with van der Waals surface area (Å²) in [5, 5.41) is 7.77. The Balaban J connectivity index is 1.11. The molecule has 52 heavy (non-hydrogen) atoms. The number of fused-ring (bicyclic) bond motifs is 1. The van der Waals surface area contributed by atoms with Crippen LogP contribution in [0.15, 0.2) is 66.3 Å². The van der Waals surface area contributed by atoms with E-state index < -0.39 is 29.3 Å². The summed E-state index contributed by atoms with van der Waals surface area (Å²) in [5.41, 5.74) is 2.05. The van der Waals surface area contributed by atoms with Gasteiger partial charge in [-0.1, -0.05) is 17.9 Å². The molecule has 4 amide bonds. The highest BCUT2D eigenvalue weighted by atomic mass is 32.1. The van der Waals surface area contributed by atoms with Crippen molar-refractivity contribution in [3.63, 3.8) is 0 Å². The van der Waals surface area contributed by atoms with Gasteiger partial charge in [0.1, 0.15) is 28.9 Å². The van der Waals surface area contributed by atoms with Crippen LogP contribution in [0.25, 0.3) is 0 Å². The van der Waals surface area contributed by atoms with E-state index in [2.05, 4.69) is 32.4 Å². The van der Waals surface area contributed by atoms with Crippen LogP contribution >= 0.6 is 11.3 Å². The molecule has 1 atom stereocenters. The van der Waals surface area contributed by atoms with Gasteiger partial charge in [0.25, 0.3) is 17.7 Å². The number of anilines is 1. The van der Waals surface area contributed by atoms with Crippen molar-refractivity contribution in [2.24, 2.45) is 0 Å². The molecule has 2 aliphatic rings. The van der Waals surface area contributed by atoms with Crippen LogP contribution < -0.4 is 15.4 Å². The Labute approximate surface area is 304 Å². The standard InChI is InChI=1S/C38H37FN6O6S/c1-38(2,3)51-37(49)44-16-13-27(14-17-44)42-33(46)30-11-8-24(21-41-30)6-5-23-7-9-25-22-45(35(48)28(25)19-23)32(34(47)43-36-40-15-18-52-36)29-20-26(39)10-12-31(29)50-4/h7-12,15,18-21,27,32H,13-14,16-17,22H2,1-4H3,(H,42,46)(H,40,43,47). The Bertz CT molecular complexity index is 2050. The molecular weight excluding hydrogens is 688 g/mol. The second-order valence-electron chi connectivity index (χ2n) is 13.3. The number of carbonyl (C=O) groups excluding carboxylic acids is 4. The summed E-state index contributed by atoms with van der Waals surface area (Å²) in [5.74, 6) is 4.46. The van der Waals surface area contributed by atoms with Crippen molar-refractivity contribution >= 4 is 40.3 Å². The predicted octanol–water partition coefficient (Wildman–Crippen LogP) is 5.55. The van der Waals surface area contributed by atoms with Crippen LogP contribution in [0.2, 0.25) is 0 Å². The Morgan fingerprint density at radius 1 is 1.02 bits per heavy atom. The van der Waals surface area contributed by atoms with Gasteiger partial charge in [-0.2, -0.15) is 0 Å². The summed E-state index contributed by atoms with van der Waals surface area (Å²) in [6.45, 7) is 6.55. The van der Waals surface area contributed by atoms with Crippen LogP contribution in [0.5, 0.6) is 5.75 Å². The van der Waals surface area contributed by atoms with Crippen molar-refractivity contribution < 1.29 is 33.0 Å². The number of carbonyl (C=O) groups is 4. The van der Waals surface area contributed by atoms with Crippen LogP contribution in [0, 0.1) is 17.7 Å². The molecule has 2 aromatic heterocycles. The first-order valence-corrected chi connectivity index (χ1v) is 17.5. The number of pyridine rings is 1. The molecule has 14 heteroatoms. The van der Waals surface area contributed by atoms with E-state index in [-0.39, 0.29) is 41.6 Å². The van der Waals surface area contributed by atoms with Crippen molar-refractivity contribution in [2.75, 3.05) is 25.5 Å². The molecular formula is C38H37FN6O6S. The molecule has 0 saturated carbocycles. The molecule has 1 unspecified atom stereocenters. The van der Waals surface area contributed by atoms with Gasteiger partial charge in [0.15, 0.2) is 5.13 Å². The zero-order valence-electron chi connectivity index (χ0n) is 29.1. The van der Waals surface area contributed by atoms with Gasteiger partial charge in [0.05, 0.1) is 7.11 Å². The van der Waals surface area contributed by atoms with Gasteiger partial charge in [-0.05, 0) is 81.6 Å². The Morgan fingerprint density at radius 2 is 1.77 bits per heavy atom. The number of piperidine rings is 1. The number of hydrogen-bond acceptors (Lipinski definition) is 9. The molecule has 2 aliphatic heterocycles. The van der Waals surface area contributed by atoms with Crippen molar-refractivity contribution in [1.29, 1.82) is 0 Å². The number of hydrogen-bond donors (Lipinski definition) is 2. The third-order valence-electron chi connectivity index (χ3n) is 8.48. The Kier molecular flexibility index (Phi) is 10.5. The number of aromatic nitrogens is 2. The lowest BCUT2D eigenvalue weighted by molar-refractivity contribution is -0.120. The Hall–Kier alpha value is -5.81. The molecule has 4 heterocycles. The number of nitrogens with zero attached hydrogens (tertiary/aromatic N) is 4. The fraction of sp³-hybridized carbons (Fsp3) is 0.316. The second kappa shape index (κ2) is 15.2. The highest BCUT2D eigenvalue weighted by Crippen LogP contribution is 2.37. The zero-order chi connectivity index (χ0) is 37.0. The van der Waals surface area contributed by atoms with Crippen molar-refractivity contribution in [3.05, 3.63) is 106 Å². The first-order valence-electron chi connectivity index (χ1n) is 16.6. The largest absolute Gasteiger partial charge is 0.496 e. The van der Waals surface area contributed by atoms with Gasteiger partial charge in [0.2, 0.25) is 0 Å². The number of nitrogens with one attached hydrogen (secondary N) is 2. The fourth-order valence-corrected chi connectivity index (χ4v) is 6.51. The molecule has 2 aromatic carbocycles. The van der Waals surface area contributed by atoms with Gasteiger partial charge in [-0.3, -0.25) is 19.7 Å². The maximum Gasteiger partial charge on any atom is 0.410 e. The van der Waals surface area contributed by atoms with E-state index in [1.165, 1.54) is 47.7 Å². The van der Waals surface area contributed by atoms with Gasteiger partial charge in [-0.15, -0.1) is 11.3 Å². The minimum Gasteiger partial charge on any atom is -0.496 e. The lowest BCUT2D eigenvalue weighted by Gasteiger charge is -2.33. The number of methoxy groups -OCH3 is 1. The van der Waals surface area contributed by atoms with Gasteiger partial charge in [0, 0.05) is 65.7 Å². The average Bonchev–Trinajstić information content (AvgIpc) is 3.74. The number of thiazole rings is 1. The van der Waals surface area contributed by atoms with Crippen LogP contribution in [-0.2, 0) is 16.1 Å². The van der Waals surface area contributed by atoms with Crippen molar-refractivity contribution in [2.45, 2.75) is 57.8 Å². The maximum absolute atomic E-state index is 14.5. The smallest absolute Gasteiger partial charge is 0.410 e. The Morgan fingerprint density at radius 3 is 2.44 bits per heavy atom. The van der Waals surface area contributed by atoms with Crippen LogP contribution in [-0.4, -0.2) is 75.4 Å². The normalized spacial score (nSPS) is 14.9. The second-order valence-corrected chi connectivity index (χ2v) is 14.2. The number of benzene rings is 2. The molecule has 0 aliphatic carbocycles. The molecule has 0 spiro atoms. The summed E-state index contributed by atoms with van der Waals surface area (Å²) < 4.78 is 25.4. The molecule has 268 valence electrons. The molecule has 1 saturated heterocycles. The summed E-state index contributed by atoms with van der Waals surface area (Å²) in [6.07, 6.45) is 3.91. The molecule has 2 N–H and O–H groups in total. The number of ether oxygens (including phenoxy) is 2. The molecule has 6 rings (SSSR count). The van der Waals surface area contributed by atoms with Gasteiger partial charge in [-0.25, -0.2) is 19.2 Å². The quantitative estimate of drug-likeness (QED) is 0.236. The van der Waals surface area contributed by atoms with Crippen LogP contribution in [0.3, 0.4) is 0 Å². The minimum absolute atomic E-state index is 0.0931. The van der Waals surface area contributed by atoms with E-state index in [4.69, 9.17) is 9.47 Å². The van der Waals surface area contributed by atoms with Gasteiger partial charge >= 0.3 is 6.09 Å². The first-order chi connectivity index (χ1) is 24.9. The van der Waals surface area contributed by atoms with E-state index in [1.807, 2.05) is 20.8 Å². The predicted molar refractivity (Wildman–Crippen MR) is 191 cm³/mol. The summed E-state index contributed by atoms with van der Waals surface area (Å²) in [7, 11) is 1.41. The summed E-state index contributed by atoms with van der Waals surface area (Å²) in [4.78, 5) is 64.1. The van der Waals surface area contributed by atoms with Crippen molar-refractivity contribution in [1.82, 2.24) is 25.1 Å². The summed E-state index contributed by atoms with van der Waals surface area (Å²) in [6, 6.07) is 11.0. The molecule has 12 nitrogen and oxygen atoms in total. The number of amides is 4. The fourth-order valence-electron chi connectivity index (χ4n) is 5.98. The first kappa shape index (κ1) is 36.0. The van der Waals surface area contributed by atoms with Crippen LogP contribution in [0.4, 0.5) is 14.3 Å². The lowest BCUT2D eigenvalue weighted by atomic mass is 10.0. The van der Waals surface area contributed by atoms with E-state index in [1.54, 1.807) is 46.8 Å². The number of halogens is 1. The van der Waals surface area contributed by atoms with E-state index >= 15 is 0 Å². The van der Waals surface area contributed by atoms with Crippen molar-refractivity contribution in [3.8, 4) is 17.6 Å². The van der Waals surface area contributed by atoms with E-state index in [0.29, 0.717) is 53.3 Å². The minimum atomic E-state index is -1.21. The maximum atomic E-state index is 14.5.